The Balaban J connectivity index is 0.000000184. The average molecular weight is 252 g/mol. The van der Waals surface area contributed by atoms with Crippen LogP contribution in [0.15, 0.2) is 46.0 Å². The number of rotatable bonds is 3. The molecule has 96 valence electrons. The summed E-state index contributed by atoms with van der Waals surface area (Å²) >= 11 is 0. The van der Waals surface area contributed by atoms with Crippen LogP contribution in [-0.4, -0.2) is 23.7 Å². The summed E-state index contributed by atoms with van der Waals surface area (Å²) in [5.41, 5.74) is 0.645. The molecule has 0 aromatic carbocycles. The van der Waals surface area contributed by atoms with Gasteiger partial charge in [-0.05, 0) is 19.1 Å². The normalized spacial score (nSPS) is 9.17. The zero-order valence-electron chi connectivity index (χ0n) is 9.66. The molecule has 0 saturated carbocycles. The van der Waals surface area contributed by atoms with Crippen LogP contribution in [0.2, 0.25) is 0 Å². The minimum absolute atomic E-state index is 0.185. The molecule has 0 spiro atoms. The topological polar surface area (TPSA) is 89.9 Å². The second-order valence-corrected chi connectivity index (χ2v) is 3.05. The summed E-state index contributed by atoms with van der Waals surface area (Å²) in [6.45, 7) is 2.15. The molecule has 0 saturated heterocycles. The molecule has 0 bridgehead atoms. The van der Waals surface area contributed by atoms with Crippen molar-refractivity contribution < 1.29 is 28.3 Å². The minimum Gasteiger partial charge on any atom is -0.478 e. The van der Waals surface area contributed by atoms with Crippen LogP contribution in [0.4, 0.5) is 0 Å². The van der Waals surface area contributed by atoms with Gasteiger partial charge >= 0.3 is 11.9 Å². The molecule has 0 amide bonds. The third-order valence-corrected chi connectivity index (χ3v) is 1.80. The van der Waals surface area contributed by atoms with Gasteiger partial charge in [-0.1, -0.05) is 0 Å². The van der Waals surface area contributed by atoms with Crippen LogP contribution in [0, 0.1) is 0 Å². The summed E-state index contributed by atoms with van der Waals surface area (Å²) in [5, 5.41) is 8.21. The molecule has 0 aliphatic heterocycles. The van der Waals surface area contributed by atoms with Crippen molar-refractivity contribution in [3.63, 3.8) is 0 Å². The fourth-order valence-electron chi connectivity index (χ4n) is 0.981. The first kappa shape index (κ1) is 13.6. The van der Waals surface area contributed by atoms with Gasteiger partial charge in [0.2, 0.25) is 0 Å². The quantitative estimate of drug-likeness (QED) is 0.843. The van der Waals surface area contributed by atoms with E-state index >= 15 is 0 Å². The van der Waals surface area contributed by atoms with Gasteiger partial charge < -0.3 is 18.7 Å². The zero-order valence-corrected chi connectivity index (χ0v) is 9.66. The Morgan fingerprint density at radius 3 is 2.06 bits per heavy atom. The lowest BCUT2D eigenvalue weighted by Crippen LogP contribution is -2.02. The average Bonchev–Trinajstić information content (AvgIpc) is 3.04. The van der Waals surface area contributed by atoms with Crippen LogP contribution in [0.1, 0.15) is 27.6 Å². The fraction of sp³-hybridized carbons (Fsp3) is 0.167. The van der Waals surface area contributed by atoms with Crippen LogP contribution < -0.4 is 0 Å². The lowest BCUT2D eigenvalue weighted by molar-refractivity contribution is 0.0525. The zero-order chi connectivity index (χ0) is 13.4. The largest absolute Gasteiger partial charge is 0.478 e. The molecule has 2 aromatic heterocycles. The Labute approximate surface area is 103 Å². The van der Waals surface area contributed by atoms with E-state index in [2.05, 4.69) is 13.6 Å². The van der Waals surface area contributed by atoms with Crippen molar-refractivity contribution in [2.45, 2.75) is 6.92 Å². The van der Waals surface area contributed by atoms with Gasteiger partial charge in [-0.3, -0.25) is 0 Å². The maximum absolute atomic E-state index is 10.8. The van der Waals surface area contributed by atoms with E-state index in [1.807, 2.05) is 0 Å². The molecule has 0 atom stereocenters. The molecule has 0 aliphatic carbocycles. The van der Waals surface area contributed by atoms with Crippen molar-refractivity contribution in [2.75, 3.05) is 6.61 Å². The maximum Gasteiger partial charge on any atom is 0.341 e. The molecule has 0 unspecified atom stereocenters. The smallest absolute Gasteiger partial charge is 0.341 e. The summed E-state index contributed by atoms with van der Waals surface area (Å²) in [4.78, 5) is 20.8. The molecule has 2 rings (SSSR count). The van der Waals surface area contributed by atoms with E-state index in [0.717, 1.165) is 0 Å². The number of carboxylic acid groups (broad SMARTS) is 1. The first-order valence-corrected chi connectivity index (χ1v) is 5.10. The molecular weight excluding hydrogens is 240 g/mol. The Morgan fingerprint density at radius 1 is 1.17 bits per heavy atom. The highest BCUT2D eigenvalue weighted by molar-refractivity contribution is 5.88. The highest BCUT2D eigenvalue weighted by Crippen LogP contribution is 2.01. The number of aromatic carboxylic acids is 1. The maximum atomic E-state index is 10.8. The molecule has 18 heavy (non-hydrogen) atoms. The van der Waals surface area contributed by atoms with Crippen LogP contribution in [-0.2, 0) is 4.74 Å². The van der Waals surface area contributed by atoms with Crippen LogP contribution in [0.5, 0.6) is 0 Å². The number of carboxylic acids is 1. The number of furan rings is 2. The molecule has 2 aromatic rings. The number of ether oxygens (including phenoxy) is 1. The molecular formula is C12H12O6. The summed E-state index contributed by atoms with van der Waals surface area (Å²) in [7, 11) is 0. The van der Waals surface area contributed by atoms with E-state index in [0.29, 0.717) is 12.2 Å². The molecule has 0 radical (unpaired) electrons. The van der Waals surface area contributed by atoms with Gasteiger partial charge in [0.15, 0.2) is 0 Å². The van der Waals surface area contributed by atoms with Crippen molar-refractivity contribution in [3.8, 4) is 0 Å². The summed E-state index contributed by atoms with van der Waals surface area (Å²) < 4.78 is 13.9. The number of esters is 1. The lowest BCUT2D eigenvalue weighted by atomic mass is 10.3. The highest BCUT2D eigenvalue weighted by atomic mass is 16.5. The van der Waals surface area contributed by atoms with Crippen LogP contribution >= 0.6 is 0 Å². The monoisotopic (exact) mass is 252 g/mol. The molecule has 0 fully saturated rings. The van der Waals surface area contributed by atoms with E-state index in [-0.39, 0.29) is 11.5 Å². The van der Waals surface area contributed by atoms with Gasteiger partial charge in [0.25, 0.3) is 0 Å². The first-order chi connectivity index (χ1) is 8.65. The first-order valence-electron chi connectivity index (χ1n) is 5.10. The van der Waals surface area contributed by atoms with E-state index in [1.54, 1.807) is 13.0 Å². The highest BCUT2D eigenvalue weighted by Gasteiger charge is 2.05. The van der Waals surface area contributed by atoms with E-state index in [4.69, 9.17) is 5.11 Å². The Morgan fingerprint density at radius 2 is 1.72 bits per heavy atom. The SMILES string of the molecule is CCOC(=O)c1ccoc1.O=C(O)c1ccoc1. The molecule has 1 N–H and O–H groups in total. The van der Waals surface area contributed by atoms with E-state index < -0.39 is 5.97 Å². The second-order valence-electron chi connectivity index (χ2n) is 3.05. The predicted molar refractivity (Wildman–Crippen MR) is 60.3 cm³/mol. The second kappa shape index (κ2) is 6.95. The summed E-state index contributed by atoms with van der Waals surface area (Å²) in [5.74, 6) is -1.30. The number of hydrogen-bond donors (Lipinski definition) is 1. The van der Waals surface area contributed by atoms with Gasteiger partial charge in [0, 0.05) is 0 Å². The minimum atomic E-state index is -0.959. The number of carbonyl (C=O) groups excluding carboxylic acids is 1. The van der Waals surface area contributed by atoms with Gasteiger partial charge in [-0.25, -0.2) is 9.59 Å². The van der Waals surface area contributed by atoms with Crippen LogP contribution in [0.3, 0.4) is 0 Å². The van der Waals surface area contributed by atoms with E-state index in [9.17, 15) is 9.59 Å². The predicted octanol–water partition coefficient (Wildman–Crippen LogP) is 2.43. The Bertz CT molecular complexity index is 469. The van der Waals surface area contributed by atoms with Crippen molar-refractivity contribution >= 4 is 11.9 Å². The third kappa shape index (κ3) is 4.17. The van der Waals surface area contributed by atoms with Gasteiger partial charge in [0.1, 0.15) is 12.5 Å². The van der Waals surface area contributed by atoms with Crippen LogP contribution in [0.25, 0.3) is 0 Å². The fourth-order valence-corrected chi connectivity index (χ4v) is 0.981. The van der Waals surface area contributed by atoms with Crippen molar-refractivity contribution in [1.29, 1.82) is 0 Å². The standard InChI is InChI=1S/C7H8O3.C5H4O3/c1-2-10-7(8)6-3-4-9-5-6;6-5(7)4-1-2-8-3-4/h3-5H,2H2,1H3;1-3H,(H,6,7). The van der Waals surface area contributed by atoms with Crippen molar-refractivity contribution in [1.82, 2.24) is 0 Å². The van der Waals surface area contributed by atoms with E-state index in [1.165, 1.54) is 31.1 Å². The van der Waals surface area contributed by atoms with Crippen molar-refractivity contribution in [3.05, 3.63) is 48.3 Å². The molecule has 2 heterocycles. The summed E-state index contributed by atoms with van der Waals surface area (Å²) in [6.07, 6.45) is 5.30. The Kier molecular flexibility index (Phi) is 5.24. The van der Waals surface area contributed by atoms with Gasteiger partial charge in [-0.2, -0.15) is 0 Å². The number of carbonyl (C=O) groups is 2. The van der Waals surface area contributed by atoms with Crippen molar-refractivity contribution in [2.24, 2.45) is 0 Å². The lowest BCUT2D eigenvalue weighted by Gasteiger charge is -1.95. The van der Waals surface area contributed by atoms with Gasteiger partial charge in [0.05, 0.1) is 30.3 Å². The molecule has 6 nitrogen and oxygen atoms in total. The van der Waals surface area contributed by atoms with Gasteiger partial charge in [-0.15, -0.1) is 0 Å². The molecule has 6 heteroatoms. The number of hydrogen-bond acceptors (Lipinski definition) is 5. The Hall–Kier alpha value is -2.50. The summed E-state index contributed by atoms with van der Waals surface area (Å²) in [6, 6.07) is 2.96. The molecule has 0 aliphatic rings. The third-order valence-electron chi connectivity index (χ3n) is 1.80.